The molecule has 0 spiro atoms. The lowest BCUT2D eigenvalue weighted by Crippen LogP contribution is -2.14. The van der Waals surface area contributed by atoms with Crippen molar-refractivity contribution < 1.29 is 4.79 Å². The molecule has 0 saturated heterocycles. The minimum atomic E-state index is -0.463. The first-order chi connectivity index (χ1) is 6.16. The number of anilines is 1. The highest BCUT2D eigenvalue weighted by Gasteiger charge is 2.07. The highest BCUT2D eigenvalue weighted by Crippen LogP contribution is 2.18. The Morgan fingerprint density at radius 2 is 2.15 bits per heavy atom. The van der Waals surface area contributed by atoms with Gasteiger partial charge in [0, 0.05) is 5.69 Å². The van der Waals surface area contributed by atoms with Crippen LogP contribution in [0, 0.1) is 0 Å². The number of amides is 1. The van der Waals surface area contributed by atoms with Crippen molar-refractivity contribution in [3.8, 4) is 0 Å². The topological polar surface area (TPSA) is 69.1 Å². The molecule has 70 valence electrons. The smallest absolute Gasteiger partial charge is 0.250 e. The molecule has 0 saturated carbocycles. The molecule has 3 heteroatoms. The van der Waals surface area contributed by atoms with Crippen molar-refractivity contribution in [3.05, 3.63) is 29.3 Å². The Kier molecular flexibility index (Phi) is 2.90. The third kappa shape index (κ3) is 1.99. The summed E-state index contributed by atoms with van der Waals surface area (Å²) in [4.78, 5) is 10.9. The molecule has 1 amide bonds. The fraction of sp³-hybridized carbons (Fsp3) is 0.300. The van der Waals surface area contributed by atoms with E-state index in [1.54, 1.807) is 12.1 Å². The Morgan fingerprint density at radius 3 is 2.69 bits per heavy atom. The summed E-state index contributed by atoms with van der Waals surface area (Å²) in [5, 5.41) is 0. The molecule has 0 aliphatic heterocycles. The summed E-state index contributed by atoms with van der Waals surface area (Å²) in [5.74, 6) is -0.463. The van der Waals surface area contributed by atoms with Crippen molar-refractivity contribution >= 4 is 11.6 Å². The Hall–Kier alpha value is -1.51. The molecule has 0 bridgehead atoms. The van der Waals surface area contributed by atoms with E-state index < -0.39 is 5.91 Å². The number of aryl methyl sites for hydroxylation is 1. The Labute approximate surface area is 77.7 Å². The summed E-state index contributed by atoms with van der Waals surface area (Å²) >= 11 is 0. The van der Waals surface area contributed by atoms with Gasteiger partial charge in [0.2, 0.25) is 0 Å². The van der Waals surface area contributed by atoms with E-state index in [-0.39, 0.29) is 0 Å². The maximum atomic E-state index is 10.9. The zero-order valence-corrected chi connectivity index (χ0v) is 7.71. The van der Waals surface area contributed by atoms with Gasteiger partial charge in [0.15, 0.2) is 0 Å². The van der Waals surface area contributed by atoms with Crippen molar-refractivity contribution in [2.75, 3.05) is 5.73 Å². The average Bonchev–Trinajstić information content (AvgIpc) is 2.08. The maximum Gasteiger partial charge on any atom is 0.250 e. The average molecular weight is 178 g/mol. The van der Waals surface area contributed by atoms with E-state index in [1.165, 1.54) is 0 Å². The predicted molar refractivity (Wildman–Crippen MR) is 53.4 cm³/mol. The number of rotatable bonds is 3. The second kappa shape index (κ2) is 3.94. The molecule has 0 radical (unpaired) electrons. The molecule has 0 heterocycles. The number of nitrogens with two attached hydrogens (primary N) is 2. The Balaban J connectivity index is 3.10. The first-order valence-electron chi connectivity index (χ1n) is 4.34. The van der Waals surface area contributed by atoms with Crippen molar-refractivity contribution in [2.24, 2.45) is 5.73 Å². The first-order valence-corrected chi connectivity index (χ1v) is 4.34. The molecule has 0 aromatic heterocycles. The number of para-hydroxylation sites is 1. The van der Waals surface area contributed by atoms with Gasteiger partial charge in [0.25, 0.3) is 5.91 Å². The van der Waals surface area contributed by atoms with Crippen LogP contribution in [0.15, 0.2) is 18.2 Å². The van der Waals surface area contributed by atoms with E-state index in [4.69, 9.17) is 11.5 Å². The van der Waals surface area contributed by atoms with Crippen LogP contribution in [0.3, 0.4) is 0 Å². The largest absolute Gasteiger partial charge is 0.398 e. The zero-order valence-electron chi connectivity index (χ0n) is 7.71. The summed E-state index contributed by atoms with van der Waals surface area (Å²) < 4.78 is 0. The number of hydrogen-bond donors (Lipinski definition) is 2. The molecule has 1 rings (SSSR count). The van der Waals surface area contributed by atoms with Gasteiger partial charge >= 0.3 is 0 Å². The van der Waals surface area contributed by atoms with Crippen molar-refractivity contribution in [1.29, 1.82) is 0 Å². The van der Waals surface area contributed by atoms with E-state index in [0.29, 0.717) is 11.3 Å². The number of nitrogen functional groups attached to an aromatic ring is 1. The molecular weight excluding hydrogens is 164 g/mol. The SMILES string of the molecule is CCCc1cccc(C(N)=O)c1N. The lowest BCUT2D eigenvalue weighted by molar-refractivity contribution is 0.100. The molecule has 0 aliphatic rings. The number of carbonyl (C=O) groups excluding carboxylic acids is 1. The summed E-state index contributed by atoms with van der Waals surface area (Å²) in [6.45, 7) is 2.07. The van der Waals surface area contributed by atoms with Gasteiger partial charge in [-0.3, -0.25) is 4.79 Å². The molecule has 0 unspecified atom stereocenters. The summed E-state index contributed by atoms with van der Waals surface area (Å²) in [7, 11) is 0. The summed E-state index contributed by atoms with van der Waals surface area (Å²) in [5.41, 5.74) is 12.9. The standard InChI is InChI=1S/C10H14N2O/c1-2-4-7-5-3-6-8(9(7)11)10(12)13/h3,5-6H,2,4,11H2,1H3,(H2,12,13). The Morgan fingerprint density at radius 1 is 1.46 bits per heavy atom. The number of primary amides is 1. The van der Waals surface area contributed by atoms with Gasteiger partial charge in [-0.2, -0.15) is 0 Å². The van der Waals surface area contributed by atoms with E-state index in [1.807, 2.05) is 6.07 Å². The molecule has 13 heavy (non-hydrogen) atoms. The second-order valence-electron chi connectivity index (χ2n) is 2.99. The summed E-state index contributed by atoms with van der Waals surface area (Å²) in [6.07, 6.45) is 1.89. The number of hydrogen-bond acceptors (Lipinski definition) is 2. The molecule has 3 nitrogen and oxygen atoms in total. The van der Waals surface area contributed by atoms with Gasteiger partial charge < -0.3 is 11.5 Å². The number of carbonyl (C=O) groups is 1. The van der Waals surface area contributed by atoms with Crippen LogP contribution in [0.25, 0.3) is 0 Å². The van der Waals surface area contributed by atoms with Gasteiger partial charge in [0.05, 0.1) is 5.56 Å². The highest BCUT2D eigenvalue weighted by atomic mass is 16.1. The molecular formula is C10H14N2O. The molecule has 1 aromatic rings. The minimum Gasteiger partial charge on any atom is -0.398 e. The quantitative estimate of drug-likeness (QED) is 0.685. The zero-order chi connectivity index (χ0) is 9.84. The van der Waals surface area contributed by atoms with Crippen LogP contribution in [0.5, 0.6) is 0 Å². The monoisotopic (exact) mass is 178 g/mol. The van der Waals surface area contributed by atoms with Gasteiger partial charge in [-0.1, -0.05) is 25.5 Å². The van der Waals surface area contributed by atoms with E-state index in [0.717, 1.165) is 18.4 Å². The lowest BCUT2D eigenvalue weighted by atomic mass is 10.0. The predicted octanol–water partition coefficient (Wildman–Crippen LogP) is 1.32. The van der Waals surface area contributed by atoms with E-state index >= 15 is 0 Å². The first kappa shape index (κ1) is 9.58. The fourth-order valence-electron chi connectivity index (χ4n) is 1.32. The molecule has 4 N–H and O–H groups in total. The van der Waals surface area contributed by atoms with Gasteiger partial charge in [-0.25, -0.2) is 0 Å². The minimum absolute atomic E-state index is 0.422. The van der Waals surface area contributed by atoms with Crippen molar-refractivity contribution in [2.45, 2.75) is 19.8 Å². The molecule has 0 fully saturated rings. The van der Waals surface area contributed by atoms with Crippen LogP contribution in [-0.2, 0) is 6.42 Å². The third-order valence-corrected chi connectivity index (χ3v) is 1.98. The second-order valence-corrected chi connectivity index (χ2v) is 2.99. The molecule has 1 aromatic carbocycles. The normalized spacial score (nSPS) is 9.92. The van der Waals surface area contributed by atoms with Crippen LogP contribution in [0.4, 0.5) is 5.69 Å². The van der Waals surface area contributed by atoms with Crippen LogP contribution >= 0.6 is 0 Å². The van der Waals surface area contributed by atoms with Gasteiger partial charge in [-0.15, -0.1) is 0 Å². The fourth-order valence-corrected chi connectivity index (χ4v) is 1.32. The number of benzene rings is 1. The highest BCUT2D eigenvalue weighted by molar-refractivity contribution is 5.98. The van der Waals surface area contributed by atoms with Crippen LogP contribution < -0.4 is 11.5 Å². The van der Waals surface area contributed by atoms with Crippen LogP contribution in [0.2, 0.25) is 0 Å². The maximum absolute atomic E-state index is 10.9. The third-order valence-electron chi connectivity index (χ3n) is 1.98. The molecule has 0 atom stereocenters. The summed E-state index contributed by atoms with van der Waals surface area (Å²) in [6, 6.07) is 5.38. The van der Waals surface area contributed by atoms with Crippen molar-refractivity contribution in [1.82, 2.24) is 0 Å². The lowest BCUT2D eigenvalue weighted by Gasteiger charge is -2.06. The van der Waals surface area contributed by atoms with E-state index in [9.17, 15) is 4.79 Å². The van der Waals surface area contributed by atoms with Crippen molar-refractivity contribution in [3.63, 3.8) is 0 Å². The van der Waals surface area contributed by atoms with E-state index in [2.05, 4.69) is 6.92 Å². The molecule has 0 aliphatic carbocycles. The van der Waals surface area contributed by atoms with Crippen LogP contribution in [-0.4, -0.2) is 5.91 Å². The Bertz CT molecular complexity index is 321. The van der Waals surface area contributed by atoms with Gasteiger partial charge in [-0.05, 0) is 18.1 Å². The van der Waals surface area contributed by atoms with Gasteiger partial charge in [0.1, 0.15) is 0 Å². The van der Waals surface area contributed by atoms with Crippen LogP contribution in [0.1, 0.15) is 29.3 Å².